The molecule has 0 amide bonds. The first-order chi connectivity index (χ1) is 9.47. The van der Waals surface area contributed by atoms with Crippen molar-refractivity contribution in [3.05, 3.63) is 46.2 Å². The van der Waals surface area contributed by atoms with Crippen molar-refractivity contribution in [2.45, 2.75) is 32.9 Å². The smallest absolute Gasteiger partial charge is 0.138 e. The normalized spacial score (nSPS) is 12.9. The van der Waals surface area contributed by atoms with Gasteiger partial charge in [0.25, 0.3) is 0 Å². The molecule has 0 aliphatic heterocycles. The van der Waals surface area contributed by atoms with E-state index in [-0.39, 0.29) is 5.82 Å². The lowest BCUT2D eigenvalue weighted by Gasteiger charge is -2.14. The van der Waals surface area contributed by atoms with Crippen molar-refractivity contribution in [2.75, 3.05) is 0 Å². The summed E-state index contributed by atoms with van der Waals surface area (Å²) in [4.78, 5) is 4.22. The topological polar surface area (TPSA) is 56.7 Å². The molecule has 20 heavy (non-hydrogen) atoms. The van der Waals surface area contributed by atoms with Crippen molar-refractivity contribution in [3.63, 3.8) is 0 Å². The van der Waals surface area contributed by atoms with Crippen LogP contribution in [0.2, 0.25) is 0 Å². The maximum atomic E-state index is 13.8. The quantitative estimate of drug-likeness (QED) is 0.909. The molecule has 1 unspecified atom stereocenters. The van der Waals surface area contributed by atoms with Gasteiger partial charge in [0.1, 0.15) is 18.0 Å². The van der Waals surface area contributed by atoms with E-state index in [0.717, 1.165) is 16.8 Å². The number of rotatable bonds is 5. The molecule has 1 aromatic heterocycles. The molecule has 0 fully saturated rings. The van der Waals surface area contributed by atoms with Gasteiger partial charge in [0.2, 0.25) is 0 Å². The highest BCUT2D eigenvalue weighted by Crippen LogP contribution is 2.22. The zero-order valence-electron chi connectivity index (χ0n) is 11.6. The fourth-order valence-corrected chi connectivity index (χ4v) is 2.43. The van der Waals surface area contributed by atoms with E-state index >= 15 is 0 Å². The lowest BCUT2D eigenvalue weighted by atomic mass is 10.0. The van der Waals surface area contributed by atoms with Crippen molar-refractivity contribution in [3.8, 4) is 0 Å². The molecule has 1 heterocycles. The van der Waals surface area contributed by atoms with Crippen LogP contribution in [0, 0.1) is 11.7 Å². The molecule has 0 bridgehead atoms. The van der Waals surface area contributed by atoms with Crippen LogP contribution in [0.4, 0.5) is 4.39 Å². The summed E-state index contributed by atoms with van der Waals surface area (Å²) in [5.74, 6) is 0.954. The van der Waals surface area contributed by atoms with Gasteiger partial charge in [-0.3, -0.25) is 0 Å². The average Bonchev–Trinajstić information content (AvgIpc) is 2.78. The van der Waals surface area contributed by atoms with E-state index in [1.165, 1.54) is 12.4 Å². The van der Waals surface area contributed by atoms with Gasteiger partial charge >= 0.3 is 0 Å². The third-order valence-electron chi connectivity index (χ3n) is 2.99. The molecule has 0 saturated heterocycles. The fourth-order valence-electron chi connectivity index (χ4n) is 2.05. The van der Waals surface area contributed by atoms with Gasteiger partial charge in [0.15, 0.2) is 0 Å². The highest BCUT2D eigenvalue weighted by atomic mass is 79.9. The lowest BCUT2D eigenvalue weighted by molar-refractivity contribution is 0.457. The second kappa shape index (κ2) is 6.45. The molecular formula is C14H18BrFN4. The molecular weight excluding hydrogens is 323 g/mol. The van der Waals surface area contributed by atoms with Gasteiger partial charge in [0, 0.05) is 29.0 Å². The van der Waals surface area contributed by atoms with Crippen LogP contribution in [0.3, 0.4) is 0 Å². The van der Waals surface area contributed by atoms with Gasteiger partial charge < -0.3 is 5.73 Å². The molecule has 0 radical (unpaired) electrons. The Labute approximate surface area is 126 Å². The van der Waals surface area contributed by atoms with Gasteiger partial charge in [-0.25, -0.2) is 14.1 Å². The molecule has 108 valence electrons. The van der Waals surface area contributed by atoms with Crippen molar-refractivity contribution in [2.24, 2.45) is 11.7 Å². The van der Waals surface area contributed by atoms with Gasteiger partial charge in [-0.1, -0.05) is 29.8 Å². The summed E-state index contributed by atoms with van der Waals surface area (Å²) in [5, 5.41) is 4.19. The second-order valence-electron chi connectivity index (χ2n) is 5.23. The molecule has 2 rings (SSSR count). The molecule has 0 saturated carbocycles. The Bertz CT molecular complexity index is 582. The zero-order chi connectivity index (χ0) is 14.7. The number of aromatic nitrogens is 3. The molecule has 1 atom stereocenters. The zero-order valence-corrected chi connectivity index (χ0v) is 13.1. The van der Waals surface area contributed by atoms with Gasteiger partial charge in [0.05, 0.1) is 0 Å². The second-order valence-corrected chi connectivity index (χ2v) is 6.14. The van der Waals surface area contributed by atoms with E-state index in [9.17, 15) is 4.39 Å². The largest absolute Gasteiger partial charge is 0.323 e. The standard InChI is InChI=1S/C14H18BrFN4/c1-9(2)7-20-14(18-8-19-20)6-13(17)11-5-10(15)3-4-12(11)16/h3-5,8-9,13H,6-7,17H2,1-2H3. The summed E-state index contributed by atoms with van der Waals surface area (Å²) in [5.41, 5.74) is 6.60. The summed E-state index contributed by atoms with van der Waals surface area (Å²) < 4.78 is 16.5. The molecule has 1 aromatic carbocycles. The number of benzene rings is 1. The lowest BCUT2D eigenvalue weighted by Crippen LogP contribution is -2.19. The van der Waals surface area contributed by atoms with E-state index in [4.69, 9.17) is 5.73 Å². The SMILES string of the molecule is CC(C)Cn1ncnc1CC(N)c1cc(Br)ccc1F. The Morgan fingerprint density at radius 2 is 2.15 bits per heavy atom. The van der Waals surface area contributed by atoms with Gasteiger partial charge in [-0.2, -0.15) is 5.10 Å². The maximum Gasteiger partial charge on any atom is 0.138 e. The molecule has 2 N–H and O–H groups in total. The summed E-state index contributed by atoms with van der Waals surface area (Å²) in [7, 11) is 0. The minimum atomic E-state index is -0.442. The van der Waals surface area contributed by atoms with E-state index in [1.807, 2.05) is 4.68 Å². The molecule has 0 aliphatic rings. The van der Waals surface area contributed by atoms with Crippen LogP contribution in [0.15, 0.2) is 29.0 Å². The number of hydrogen-bond donors (Lipinski definition) is 1. The van der Waals surface area contributed by atoms with E-state index in [0.29, 0.717) is 17.9 Å². The Kier molecular flexibility index (Phi) is 4.88. The number of halogens is 2. The maximum absolute atomic E-state index is 13.8. The van der Waals surface area contributed by atoms with Crippen LogP contribution in [0.1, 0.15) is 31.3 Å². The van der Waals surface area contributed by atoms with Crippen molar-refractivity contribution in [1.29, 1.82) is 0 Å². The minimum Gasteiger partial charge on any atom is -0.323 e. The minimum absolute atomic E-state index is 0.296. The van der Waals surface area contributed by atoms with Crippen LogP contribution in [0.25, 0.3) is 0 Å². The summed E-state index contributed by atoms with van der Waals surface area (Å²) in [6.45, 7) is 5.00. The van der Waals surface area contributed by atoms with E-state index < -0.39 is 6.04 Å². The van der Waals surface area contributed by atoms with Crippen LogP contribution < -0.4 is 5.73 Å². The first kappa shape index (κ1) is 15.1. The van der Waals surface area contributed by atoms with E-state index in [1.54, 1.807) is 12.1 Å². The molecule has 0 spiro atoms. The summed E-state index contributed by atoms with van der Waals surface area (Å²) in [6.07, 6.45) is 1.97. The third kappa shape index (κ3) is 3.64. The molecule has 6 heteroatoms. The predicted molar refractivity (Wildman–Crippen MR) is 79.6 cm³/mol. The number of hydrogen-bond acceptors (Lipinski definition) is 3. The van der Waals surface area contributed by atoms with Gasteiger partial charge in [-0.15, -0.1) is 0 Å². The number of nitrogens with two attached hydrogens (primary N) is 1. The highest BCUT2D eigenvalue weighted by molar-refractivity contribution is 9.10. The Hall–Kier alpha value is -1.27. The first-order valence-electron chi connectivity index (χ1n) is 6.54. The van der Waals surface area contributed by atoms with Gasteiger partial charge in [-0.05, 0) is 24.1 Å². The monoisotopic (exact) mass is 340 g/mol. The molecule has 2 aromatic rings. The fraction of sp³-hybridized carbons (Fsp3) is 0.429. The Morgan fingerprint density at radius 1 is 1.40 bits per heavy atom. The van der Waals surface area contributed by atoms with Crippen LogP contribution >= 0.6 is 15.9 Å². The average molecular weight is 341 g/mol. The van der Waals surface area contributed by atoms with Crippen LogP contribution in [-0.4, -0.2) is 14.8 Å². The van der Waals surface area contributed by atoms with Crippen LogP contribution in [-0.2, 0) is 13.0 Å². The highest BCUT2D eigenvalue weighted by Gasteiger charge is 2.16. The van der Waals surface area contributed by atoms with E-state index in [2.05, 4.69) is 39.9 Å². The van der Waals surface area contributed by atoms with Crippen molar-refractivity contribution < 1.29 is 4.39 Å². The van der Waals surface area contributed by atoms with Crippen molar-refractivity contribution in [1.82, 2.24) is 14.8 Å². The Morgan fingerprint density at radius 3 is 2.85 bits per heavy atom. The summed E-state index contributed by atoms with van der Waals surface area (Å²) >= 11 is 3.33. The Balaban J connectivity index is 2.17. The van der Waals surface area contributed by atoms with Crippen molar-refractivity contribution >= 4 is 15.9 Å². The summed E-state index contributed by atoms with van der Waals surface area (Å²) in [6, 6.07) is 4.34. The molecule has 0 aliphatic carbocycles. The first-order valence-corrected chi connectivity index (χ1v) is 7.34. The molecule has 4 nitrogen and oxygen atoms in total. The number of nitrogens with zero attached hydrogens (tertiary/aromatic N) is 3. The third-order valence-corrected chi connectivity index (χ3v) is 3.49. The predicted octanol–water partition coefficient (Wildman–Crippen LogP) is 3.08. The van der Waals surface area contributed by atoms with Crippen LogP contribution in [0.5, 0.6) is 0 Å².